The van der Waals surface area contributed by atoms with E-state index in [1.807, 2.05) is 24.3 Å². The number of nitrogens with one attached hydrogen (secondary N) is 1. The number of methoxy groups -OCH3 is 1. The summed E-state index contributed by atoms with van der Waals surface area (Å²) >= 11 is 0. The lowest BCUT2D eigenvalue weighted by Gasteiger charge is -2.08. The van der Waals surface area contributed by atoms with E-state index in [4.69, 9.17) is 4.74 Å². The molecule has 0 bridgehead atoms. The summed E-state index contributed by atoms with van der Waals surface area (Å²) < 4.78 is 18.5. The van der Waals surface area contributed by atoms with Crippen molar-refractivity contribution in [2.45, 2.75) is 6.54 Å². The van der Waals surface area contributed by atoms with Crippen LogP contribution in [-0.2, 0) is 6.54 Å². The largest absolute Gasteiger partial charge is 0.497 e. The van der Waals surface area contributed by atoms with Crippen LogP contribution in [0.5, 0.6) is 5.75 Å². The molecule has 3 rings (SSSR count). The summed E-state index contributed by atoms with van der Waals surface area (Å²) in [5.41, 5.74) is 1.08. The lowest BCUT2D eigenvalue weighted by atomic mass is 10.1. The molecule has 21 heavy (non-hydrogen) atoms. The standard InChI is InChI=1S/C16H14FN3O/c1-21-14-6-2-11(3-7-14)9-18-16-15-8-13(17)5-4-12(15)10-19-20-16/h2-8,10H,9H2,1H3,(H,18,20). The number of hydrogen-bond acceptors (Lipinski definition) is 4. The maximum atomic E-state index is 13.4. The van der Waals surface area contributed by atoms with Crippen LogP contribution in [0.15, 0.2) is 48.7 Å². The molecule has 0 atom stereocenters. The zero-order valence-electron chi connectivity index (χ0n) is 11.5. The van der Waals surface area contributed by atoms with Crippen molar-refractivity contribution >= 4 is 16.6 Å². The lowest BCUT2D eigenvalue weighted by molar-refractivity contribution is 0.414. The number of fused-ring (bicyclic) bond motifs is 1. The second-order valence-corrected chi connectivity index (χ2v) is 4.63. The molecule has 0 amide bonds. The minimum absolute atomic E-state index is 0.289. The third-order valence-electron chi connectivity index (χ3n) is 3.24. The fraction of sp³-hybridized carbons (Fsp3) is 0.125. The van der Waals surface area contributed by atoms with Crippen molar-refractivity contribution in [3.63, 3.8) is 0 Å². The molecule has 4 nitrogen and oxygen atoms in total. The van der Waals surface area contributed by atoms with Crippen molar-refractivity contribution in [2.24, 2.45) is 0 Å². The van der Waals surface area contributed by atoms with Crippen LogP contribution >= 0.6 is 0 Å². The molecule has 0 saturated heterocycles. The number of nitrogens with zero attached hydrogens (tertiary/aromatic N) is 2. The molecular weight excluding hydrogens is 269 g/mol. The number of ether oxygens (including phenoxy) is 1. The predicted molar refractivity (Wildman–Crippen MR) is 79.8 cm³/mol. The maximum absolute atomic E-state index is 13.4. The molecule has 3 aromatic rings. The summed E-state index contributed by atoms with van der Waals surface area (Å²) in [6.07, 6.45) is 1.62. The van der Waals surface area contributed by atoms with Crippen LogP contribution < -0.4 is 10.1 Å². The van der Waals surface area contributed by atoms with Gasteiger partial charge in [0.15, 0.2) is 5.82 Å². The average Bonchev–Trinajstić information content (AvgIpc) is 2.53. The number of aromatic nitrogens is 2. The Labute approximate surface area is 121 Å². The summed E-state index contributed by atoms with van der Waals surface area (Å²) in [5, 5.41) is 12.7. The summed E-state index contributed by atoms with van der Waals surface area (Å²) in [5.74, 6) is 1.09. The molecule has 1 aromatic heterocycles. The molecule has 0 fully saturated rings. The van der Waals surface area contributed by atoms with Gasteiger partial charge in [0.2, 0.25) is 0 Å². The lowest BCUT2D eigenvalue weighted by Crippen LogP contribution is -2.03. The van der Waals surface area contributed by atoms with Gasteiger partial charge in [0, 0.05) is 17.3 Å². The number of halogens is 1. The van der Waals surface area contributed by atoms with Crippen LogP contribution in [0.1, 0.15) is 5.56 Å². The Morgan fingerprint density at radius 3 is 2.71 bits per heavy atom. The maximum Gasteiger partial charge on any atom is 0.156 e. The van der Waals surface area contributed by atoms with Crippen molar-refractivity contribution in [2.75, 3.05) is 12.4 Å². The van der Waals surface area contributed by atoms with Gasteiger partial charge in [-0.2, -0.15) is 5.10 Å². The van der Waals surface area contributed by atoms with Gasteiger partial charge in [-0.25, -0.2) is 4.39 Å². The zero-order chi connectivity index (χ0) is 14.7. The first-order valence-electron chi connectivity index (χ1n) is 6.54. The van der Waals surface area contributed by atoms with Crippen LogP contribution in [0.3, 0.4) is 0 Å². The van der Waals surface area contributed by atoms with Gasteiger partial charge in [0.05, 0.1) is 13.3 Å². The summed E-state index contributed by atoms with van der Waals surface area (Å²) in [7, 11) is 1.63. The van der Waals surface area contributed by atoms with Crippen molar-refractivity contribution in [3.05, 3.63) is 60.0 Å². The second-order valence-electron chi connectivity index (χ2n) is 4.63. The highest BCUT2D eigenvalue weighted by Crippen LogP contribution is 2.21. The first-order valence-corrected chi connectivity index (χ1v) is 6.54. The normalized spacial score (nSPS) is 10.6. The molecule has 0 unspecified atom stereocenters. The van der Waals surface area contributed by atoms with Crippen LogP contribution in [0.2, 0.25) is 0 Å². The van der Waals surface area contributed by atoms with E-state index in [9.17, 15) is 4.39 Å². The minimum Gasteiger partial charge on any atom is -0.497 e. The first kappa shape index (κ1) is 13.3. The van der Waals surface area contributed by atoms with Gasteiger partial charge in [-0.05, 0) is 35.9 Å². The highest BCUT2D eigenvalue weighted by atomic mass is 19.1. The minimum atomic E-state index is -0.289. The molecule has 0 aliphatic rings. The Balaban J connectivity index is 1.82. The van der Waals surface area contributed by atoms with Crippen LogP contribution in [0, 0.1) is 5.82 Å². The van der Waals surface area contributed by atoms with E-state index < -0.39 is 0 Å². The van der Waals surface area contributed by atoms with E-state index in [0.717, 1.165) is 22.1 Å². The number of benzene rings is 2. The van der Waals surface area contributed by atoms with Crippen molar-refractivity contribution < 1.29 is 9.13 Å². The van der Waals surface area contributed by atoms with Crippen LogP contribution in [-0.4, -0.2) is 17.3 Å². The van der Waals surface area contributed by atoms with Crippen molar-refractivity contribution in [1.82, 2.24) is 10.2 Å². The number of anilines is 1. The van der Waals surface area contributed by atoms with Crippen LogP contribution in [0.4, 0.5) is 10.2 Å². The molecule has 0 spiro atoms. The number of hydrogen-bond donors (Lipinski definition) is 1. The zero-order valence-corrected chi connectivity index (χ0v) is 11.5. The van der Waals surface area contributed by atoms with Gasteiger partial charge < -0.3 is 10.1 Å². The quantitative estimate of drug-likeness (QED) is 0.797. The van der Waals surface area contributed by atoms with E-state index in [1.165, 1.54) is 12.1 Å². The summed E-state index contributed by atoms with van der Waals surface area (Å²) in [4.78, 5) is 0. The molecule has 1 N–H and O–H groups in total. The van der Waals surface area contributed by atoms with E-state index in [0.29, 0.717) is 12.4 Å². The molecule has 0 aliphatic carbocycles. The molecule has 1 heterocycles. The third kappa shape index (κ3) is 2.91. The Hall–Kier alpha value is -2.69. The number of rotatable bonds is 4. The Morgan fingerprint density at radius 2 is 1.95 bits per heavy atom. The van der Waals surface area contributed by atoms with Gasteiger partial charge >= 0.3 is 0 Å². The summed E-state index contributed by atoms with van der Waals surface area (Å²) in [6.45, 7) is 0.578. The SMILES string of the molecule is COc1ccc(CNc2nncc3ccc(F)cc23)cc1. The van der Waals surface area contributed by atoms with Gasteiger partial charge in [0.1, 0.15) is 11.6 Å². The fourth-order valence-corrected chi connectivity index (χ4v) is 2.11. The monoisotopic (exact) mass is 283 g/mol. The van der Waals surface area contributed by atoms with Crippen molar-refractivity contribution in [1.29, 1.82) is 0 Å². The third-order valence-corrected chi connectivity index (χ3v) is 3.24. The summed E-state index contributed by atoms with van der Waals surface area (Å²) in [6, 6.07) is 12.3. The Bertz CT molecular complexity index is 759. The van der Waals surface area contributed by atoms with E-state index >= 15 is 0 Å². The highest BCUT2D eigenvalue weighted by molar-refractivity contribution is 5.90. The van der Waals surface area contributed by atoms with E-state index in [2.05, 4.69) is 15.5 Å². The highest BCUT2D eigenvalue weighted by Gasteiger charge is 2.05. The van der Waals surface area contributed by atoms with Crippen molar-refractivity contribution in [3.8, 4) is 5.75 Å². The molecule has 106 valence electrons. The average molecular weight is 283 g/mol. The van der Waals surface area contributed by atoms with Gasteiger partial charge in [-0.3, -0.25) is 0 Å². The molecule has 5 heteroatoms. The molecule has 0 saturated carbocycles. The fourth-order valence-electron chi connectivity index (χ4n) is 2.11. The molecular formula is C16H14FN3O. The second kappa shape index (κ2) is 5.75. The predicted octanol–water partition coefficient (Wildman–Crippen LogP) is 3.39. The van der Waals surface area contributed by atoms with Gasteiger partial charge in [-0.15, -0.1) is 5.10 Å². The topological polar surface area (TPSA) is 47.0 Å². The Morgan fingerprint density at radius 1 is 1.14 bits per heavy atom. The van der Waals surface area contributed by atoms with Gasteiger partial charge in [0.25, 0.3) is 0 Å². The van der Waals surface area contributed by atoms with Gasteiger partial charge in [-0.1, -0.05) is 12.1 Å². The molecule has 2 aromatic carbocycles. The Kier molecular flexibility index (Phi) is 3.64. The van der Waals surface area contributed by atoms with E-state index in [-0.39, 0.29) is 5.82 Å². The smallest absolute Gasteiger partial charge is 0.156 e. The molecule has 0 radical (unpaired) electrons. The van der Waals surface area contributed by atoms with E-state index in [1.54, 1.807) is 19.4 Å². The first-order chi connectivity index (χ1) is 10.3. The molecule has 0 aliphatic heterocycles. The van der Waals surface area contributed by atoms with Crippen LogP contribution in [0.25, 0.3) is 10.8 Å².